The maximum Gasteiger partial charge on any atom is 0.284 e. The number of aromatic amines is 1. The lowest BCUT2D eigenvalue weighted by atomic mass is 10.0. The maximum atomic E-state index is 13.0. The van der Waals surface area contributed by atoms with Crippen molar-refractivity contribution < 1.29 is 0 Å². The SMILES string of the molecule is Cc1ccc(-c2ccnc3[nH]n(-c4nc(C)cc(C)n4)c(=O)c23)cc1. The highest BCUT2D eigenvalue weighted by Gasteiger charge is 2.16. The van der Waals surface area contributed by atoms with Crippen molar-refractivity contribution in [2.24, 2.45) is 0 Å². The highest BCUT2D eigenvalue weighted by Crippen LogP contribution is 2.25. The summed E-state index contributed by atoms with van der Waals surface area (Å²) in [4.78, 5) is 26.1. The van der Waals surface area contributed by atoms with Crippen LogP contribution in [0.15, 0.2) is 47.4 Å². The number of aromatic nitrogens is 5. The summed E-state index contributed by atoms with van der Waals surface area (Å²) in [5.74, 6) is 0.329. The van der Waals surface area contributed by atoms with Gasteiger partial charge >= 0.3 is 0 Å². The molecule has 0 saturated heterocycles. The van der Waals surface area contributed by atoms with Gasteiger partial charge < -0.3 is 0 Å². The lowest BCUT2D eigenvalue weighted by molar-refractivity contribution is 0.778. The van der Waals surface area contributed by atoms with Crippen LogP contribution in [0.1, 0.15) is 17.0 Å². The second-order valence-corrected chi connectivity index (χ2v) is 6.15. The quantitative estimate of drug-likeness (QED) is 0.612. The van der Waals surface area contributed by atoms with Crippen molar-refractivity contribution in [3.8, 4) is 17.1 Å². The molecule has 0 aliphatic carbocycles. The smallest absolute Gasteiger partial charge is 0.271 e. The van der Waals surface area contributed by atoms with Crippen molar-refractivity contribution in [2.45, 2.75) is 20.8 Å². The molecule has 0 aliphatic heterocycles. The van der Waals surface area contributed by atoms with Crippen LogP contribution in [0, 0.1) is 20.8 Å². The summed E-state index contributed by atoms with van der Waals surface area (Å²) in [6, 6.07) is 11.8. The number of H-pyrrole nitrogens is 1. The number of hydrogen-bond donors (Lipinski definition) is 1. The largest absolute Gasteiger partial charge is 0.284 e. The molecule has 3 aromatic heterocycles. The molecule has 4 aromatic rings. The number of fused-ring (bicyclic) bond motifs is 1. The first kappa shape index (κ1) is 15.3. The van der Waals surface area contributed by atoms with Gasteiger partial charge in [0.25, 0.3) is 11.5 Å². The van der Waals surface area contributed by atoms with E-state index in [4.69, 9.17) is 0 Å². The summed E-state index contributed by atoms with van der Waals surface area (Å²) < 4.78 is 1.36. The summed E-state index contributed by atoms with van der Waals surface area (Å²) in [5.41, 5.74) is 4.91. The molecule has 0 bridgehead atoms. The number of hydrogen-bond acceptors (Lipinski definition) is 4. The van der Waals surface area contributed by atoms with E-state index in [-0.39, 0.29) is 5.56 Å². The molecule has 4 rings (SSSR count). The highest BCUT2D eigenvalue weighted by atomic mass is 16.1. The van der Waals surface area contributed by atoms with Crippen LogP contribution >= 0.6 is 0 Å². The standard InChI is InChI=1S/C19H17N5O/c1-11-4-6-14(7-5-11)15-8-9-20-17-16(15)18(25)24(23-17)19-21-12(2)10-13(3)22-19/h4-10H,1-3H3,(H,20,23). The molecular formula is C19H17N5O. The van der Waals surface area contributed by atoms with E-state index in [1.807, 2.05) is 57.2 Å². The van der Waals surface area contributed by atoms with Crippen molar-refractivity contribution in [1.29, 1.82) is 0 Å². The lowest BCUT2D eigenvalue weighted by Crippen LogP contribution is -2.18. The summed E-state index contributed by atoms with van der Waals surface area (Å²) in [5, 5.41) is 3.56. The van der Waals surface area contributed by atoms with Crippen LogP contribution in [0.3, 0.4) is 0 Å². The van der Waals surface area contributed by atoms with Gasteiger partial charge in [0, 0.05) is 17.6 Å². The number of nitrogens with one attached hydrogen (secondary N) is 1. The Kier molecular flexibility index (Phi) is 3.46. The fraction of sp³-hybridized carbons (Fsp3) is 0.158. The van der Waals surface area contributed by atoms with Gasteiger partial charge in [-0.1, -0.05) is 29.8 Å². The normalized spacial score (nSPS) is 11.2. The molecule has 6 nitrogen and oxygen atoms in total. The van der Waals surface area contributed by atoms with Crippen LogP contribution in [0.4, 0.5) is 0 Å². The summed E-state index contributed by atoms with van der Waals surface area (Å²) >= 11 is 0. The van der Waals surface area contributed by atoms with Crippen LogP contribution in [0.2, 0.25) is 0 Å². The van der Waals surface area contributed by atoms with Crippen LogP contribution in [0.25, 0.3) is 28.1 Å². The predicted octanol–water partition coefficient (Wildman–Crippen LogP) is 3.10. The van der Waals surface area contributed by atoms with E-state index < -0.39 is 0 Å². The maximum absolute atomic E-state index is 13.0. The number of aryl methyl sites for hydroxylation is 3. The topological polar surface area (TPSA) is 76.5 Å². The first-order valence-corrected chi connectivity index (χ1v) is 8.02. The molecule has 0 atom stereocenters. The van der Waals surface area contributed by atoms with E-state index in [2.05, 4.69) is 20.1 Å². The van der Waals surface area contributed by atoms with E-state index in [0.29, 0.717) is 17.0 Å². The number of pyridine rings is 1. The Bertz CT molecular complexity index is 1120. The molecular weight excluding hydrogens is 314 g/mol. The average Bonchev–Trinajstić information content (AvgIpc) is 2.92. The number of rotatable bonds is 2. The van der Waals surface area contributed by atoms with E-state index in [9.17, 15) is 4.79 Å². The molecule has 0 aliphatic rings. The molecule has 1 aromatic carbocycles. The van der Waals surface area contributed by atoms with Crippen LogP contribution in [0.5, 0.6) is 0 Å². The van der Waals surface area contributed by atoms with Gasteiger partial charge in [0.15, 0.2) is 5.65 Å². The van der Waals surface area contributed by atoms with Gasteiger partial charge in [-0.3, -0.25) is 9.89 Å². The van der Waals surface area contributed by atoms with Gasteiger partial charge in [-0.2, -0.15) is 4.68 Å². The molecule has 25 heavy (non-hydrogen) atoms. The van der Waals surface area contributed by atoms with E-state index in [0.717, 1.165) is 22.5 Å². The Labute approximate surface area is 144 Å². The Hall–Kier alpha value is -3.28. The molecule has 124 valence electrons. The molecule has 3 heterocycles. The zero-order chi connectivity index (χ0) is 17.6. The average molecular weight is 331 g/mol. The Balaban J connectivity index is 1.98. The van der Waals surface area contributed by atoms with Gasteiger partial charge in [-0.15, -0.1) is 0 Å². The van der Waals surface area contributed by atoms with E-state index >= 15 is 0 Å². The Morgan fingerprint density at radius 2 is 1.64 bits per heavy atom. The molecule has 0 unspecified atom stereocenters. The molecule has 1 N–H and O–H groups in total. The van der Waals surface area contributed by atoms with Crippen LogP contribution in [-0.2, 0) is 0 Å². The first-order chi connectivity index (χ1) is 12.0. The molecule has 0 radical (unpaired) electrons. The predicted molar refractivity (Wildman–Crippen MR) is 96.9 cm³/mol. The van der Waals surface area contributed by atoms with Crippen LogP contribution in [-0.4, -0.2) is 24.7 Å². The minimum absolute atomic E-state index is 0.205. The van der Waals surface area contributed by atoms with Gasteiger partial charge in [0.2, 0.25) is 0 Å². The Morgan fingerprint density at radius 3 is 2.32 bits per heavy atom. The van der Waals surface area contributed by atoms with Gasteiger partial charge in [0.1, 0.15) is 0 Å². The Morgan fingerprint density at radius 1 is 0.960 bits per heavy atom. The van der Waals surface area contributed by atoms with Crippen molar-refractivity contribution in [3.05, 3.63) is 69.9 Å². The van der Waals surface area contributed by atoms with E-state index in [1.165, 1.54) is 10.2 Å². The monoisotopic (exact) mass is 331 g/mol. The number of nitrogens with zero attached hydrogens (tertiary/aromatic N) is 4. The summed E-state index contributed by atoms with van der Waals surface area (Å²) in [6.07, 6.45) is 1.69. The summed E-state index contributed by atoms with van der Waals surface area (Å²) in [6.45, 7) is 5.79. The zero-order valence-corrected chi connectivity index (χ0v) is 14.2. The lowest BCUT2D eigenvalue weighted by Gasteiger charge is -2.02. The first-order valence-electron chi connectivity index (χ1n) is 8.02. The van der Waals surface area contributed by atoms with Crippen molar-refractivity contribution in [3.63, 3.8) is 0 Å². The molecule has 6 heteroatoms. The van der Waals surface area contributed by atoms with Crippen molar-refractivity contribution in [1.82, 2.24) is 24.7 Å². The molecule has 0 saturated carbocycles. The highest BCUT2D eigenvalue weighted by molar-refractivity contribution is 5.92. The molecule has 0 spiro atoms. The van der Waals surface area contributed by atoms with Gasteiger partial charge in [-0.25, -0.2) is 15.0 Å². The second kappa shape index (κ2) is 5.66. The third-order valence-corrected chi connectivity index (χ3v) is 4.12. The van der Waals surface area contributed by atoms with Crippen LogP contribution < -0.4 is 5.56 Å². The minimum atomic E-state index is -0.205. The fourth-order valence-corrected chi connectivity index (χ4v) is 2.95. The van der Waals surface area contributed by atoms with Gasteiger partial charge in [-0.05, 0) is 44.0 Å². The second-order valence-electron chi connectivity index (χ2n) is 6.15. The third-order valence-electron chi connectivity index (χ3n) is 4.12. The van der Waals surface area contributed by atoms with Crippen molar-refractivity contribution >= 4 is 11.0 Å². The molecule has 0 amide bonds. The molecule has 0 fully saturated rings. The minimum Gasteiger partial charge on any atom is -0.271 e. The fourth-order valence-electron chi connectivity index (χ4n) is 2.95. The van der Waals surface area contributed by atoms with Crippen molar-refractivity contribution in [2.75, 3.05) is 0 Å². The summed E-state index contributed by atoms with van der Waals surface area (Å²) in [7, 11) is 0. The van der Waals surface area contributed by atoms with E-state index in [1.54, 1.807) is 6.20 Å². The zero-order valence-electron chi connectivity index (χ0n) is 14.2. The third kappa shape index (κ3) is 2.61. The van der Waals surface area contributed by atoms with Gasteiger partial charge in [0.05, 0.1) is 5.39 Å². The number of benzene rings is 1.